The van der Waals surface area contributed by atoms with Gasteiger partial charge >= 0.3 is 11.9 Å². The molecule has 0 aliphatic heterocycles. The lowest BCUT2D eigenvalue weighted by Crippen LogP contribution is -2.27. The number of benzene rings is 2. The van der Waals surface area contributed by atoms with Crippen LogP contribution in [-0.4, -0.2) is 85.1 Å². The zero-order chi connectivity index (χ0) is 27.5. The van der Waals surface area contributed by atoms with E-state index < -0.39 is 11.9 Å². The van der Waals surface area contributed by atoms with Crippen molar-refractivity contribution >= 4 is 34.0 Å². The lowest BCUT2D eigenvalue weighted by molar-refractivity contribution is -0.137. The molecule has 0 unspecified atom stereocenters. The van der Waals surface area contributed by atoms with Crippen molar-refractivity contribution in [2.75, 3.05) is 32.8 Å². The van der Waals surface area contributed by atoms with Gasteiger partial charge in [-0.15, -0.1) is 0 Å². The highest BCUT2D eigenvalue weighted by molar-refractivity contribution is 5.75. The van der Waals surface area contributed by atoms with E-state index in [2.05, 4.69) is 30.6 Å². The van der Waals surface area contributed by atoms with Crippen molar-refractivity contribution in [2.45, 2.75) is 20.0 Å². The summed E-state index contributed by atoms with van der Waals surface area (Å²) in [7, 11) is 0. The Morgan fingerprint density at radius 2 is 1.16 bits per heavy atom. The average molecular weight is 518 g/mol. The first-order valence-electron chi connectivity index (χ1n) is 11.5. The molecule has 0 amide bonds. The summed E-state index contributed by atoms with van der Waals surface area (Å²) in [6, 6.07) is 16.1. The van der Waals surface area contributed by atoms with Crippen molar-refractivity contribution in [2.24, 2.45) is 5.73 Å². The Labute approximate surface area is 213 Å². The summed E-state index contributed by atoms with van der Waals surface area (Å²) >= 11 is 0. The van der Waals surface area contributed by atoms with Crippen LogP contribution in [0.5, 0.6) is 0 Å². The summed E-state index contributed by atoms with van der Waals surface area (Å²) in [5, 5.41) is 36.7. The third-order valence-corrected chi connectivity index (χ3v) is 4.11. The van der Waals surface area contributed by atoms with Crippen molar-refractivity contribution < 1.29 is 30.0 Å². The van der Waals surface area contributed by atoms with E-state index in [4.69, 9.17) is 26.2 Å². The highest BCUT2D eigenvalue weighted by Gasteiger charge is 2.04. The van der Waals surface area contributed by atoms with Gasteiger partial charge in [-0.1, -0.05) is 31.2 Å². The van der Waals surface area contributed by atoms with Gasteiger partial charge in [0.05, 0.1) is 61.5 Å². The van der Waals surface area contributed by atoms with Gasteiger partial charge in [0.15, 0.2) is 0 Å². The smallest absolute Gasteiger partial charge is 0.317 e. The number of para-hydroxylation sites is 4. The Morgan fingerprint density at radius 1 is 0.784 bits per heavy atom. The fourth-order valence-electron chi connectivity index (χ4n) is 2.75. The number of nitrogens with zero attached hydrogens (tertiary/aromatic N) is 2. The van der Waals surface area contributed by atoms with Gasteiger partial charge in [-0.3, -0.25) is 14.9 Å². The Hall–Kier alpha value is -3.88. The minimum absolute atomic E-state index is 0.125. The van der Waals surface area contributed by atoms with Crippen LogP contribution in [0.15, 0.2) is 48.5 Å². The van der Waals surface area contributed by atoms with Crippen molar-refractivity contribution in [1.82, 2.24) is 30.6 Å². The molecule has 0 aliphatic carbocycles. The third kappa shape index (κ3) is 13.1. The second-order valence-electron chi connectivity index (χ2n) is 7.25. The van der Waals surface area contributed by atoms with E-state index in [-0.39, 0.29) is 26.3 Å². The fourth-order valence-corrected chi connectivity index (χ4v) is 2.75. The van der Waals surface area contributed by atoms with E-state index in [9.17, 15) is 9.59 Å². The highest BCUT2D eigenvalue weighted by atomic mass is 16.4. The maximum Gasteiger partial charge on any atom is 0.317 e. The van der Waals surface area contributed by atoms with Crippen LogP contribution in [0.2, 0.25) is 0 Å². The lowest BCUT2D eigenvalue weighted by atomic mass is 10.3. The average Bonchev–Trinajstić information content (AvgIpc) is 3.48. The van der Waals surface area contributed by atoms with Gasteiger partial charge in [-0.05, 0) is 30.8 Å². The Morgan fingerprint density at radius 3 is 1.49 bits per heavy atom. The standard InChI is InChI=1S/C16H15N5.C4H7NO4.C2H7N.C2H6O2/c1-2-6-12-11(5-1)18-15(19-12)9-17-10-16-20-13-7-3-4-8-14(13)21-16;6-3(7)1-5-2-4(8)9;1-2-3;3-1-2-4/h1-8,17H,9-10H2,(H,18,19)(H,20,21);5H,1-2H2,(H,6,7)(H,8,9);2-3H2,1H3;3-4H,1-2H2. The number of carboxylic acid groups (broad SMARTS) is 2. The molecule has 0 atom stereocenters. The molecule has 0 saturated heterocycles. The molecule has 0 aliphatic rings. The first-order chi connectivity index (χ1) is 17.8. The summed E-state index contributed by atoms with van der Waals surface area (Å²) in [5.41, 5.74) is 8.98. The molecule has 2 heterocycles. The Kier molecular flexibility index (Phi) is 15.5. The molecule has 0 radical (unpaired) electrons. The fraction of sp³-hybridized carbons (Fsp3) is 0.333. The number of aromatic amines is 2. The normalized spacial score (nSPS) is 9.95. The van der Waals surface area contributed by atoms with E-state index >= 15 is 0 Å². The zero-order valence-electron chi connectivity index (χ0n) is 20.6. The topological polar surface area (TPSA) is 222 Å². The summed E-state index contributed by atoms with van der Waals surface area (Å²) in [6.07, 6.45) is 0. The van der Waals surface area contributed by atoms with Crippen molar-refractivity contribution in [1.29, 1.82) is 0 Å². The number of aromatic nitrogens is 4. The van der Waals surface area contributed by atoms with Crippen molar-refractivity contribution in [3.63, 3.8) is 0 Å². The zero-order valence-corrected chi connectivity index (χ0v) is 20.6. The van der Waals surface area contributed by atoms with Gasteiger partial charge in [0.1, 0.15) is 11.6 Å². The predicted molar refractivity (Wildman–Crippen MR) is 140 cm³/mol. The molecule has 4 aromatic rings. The Bertz CT molecular complexity index is 1040. The minimum atomic E-state index is -1.06. The number of nitrogens with one attached hydrogen (secondary N) is 4. The SMILES string of the molecule is CCN.O=C(O)CNCC(=O)O.OCCO.c1ccc2[nH]c(CNCc3nc4ccccc4[nH]3)nc2c1. The van der Waals surface area contributed by atoms with Gasteiger partial charge in [0.2, 0.25) is 0 Å². The monoisotopic (exact) mass is 517 g/mol. The van der Waals surface area contributed by atoms with Crippen molar-refractivity contribution in [3.05, 3.63) is 60.2 Å². The van der Waals surface area contributed by atoms with Crippen LogP contribution in [0.25, 0.3) is 22.1 Å². The van der Waals surface area contributed by atoms with Gasteiger partial charge < -0.3 is 41.4 Å². The number of aliphatic hydroxyl groups is 2. The number of rotatable bonds is 9. The van der Waals surface area contributed by atoms with E-state index in [1.165, 1.54) is 0 Å². The molecule has 202 valence electrons. The van der Waals surface area contributed by atoms with Crippen LogP contribution >= 0.6 is 0 Å². The van der Waals surface area contributed by atoms with E-state index in [0.717, 1.165) is 40.3 Å². The number of hydrogen-bond donors (Lipinski definition) is 9. The molecule has 10 N–H and O–H groups in total. The maximum atomic E-state index is 9.73. The summed E-state index contributed by atoms with van der Waals surface area (Å²) in [4.78, 5) is 35.1. The first-order valence-corrected chi connectivity index (χ1v) is 11.5. The number of hydrogen-bond acceptors (Lipinski definition) is 9. The highest BCUT2D eigenvalue weighted by Crippen LogP contribution is 2.11. The number of aliphatic carboxylic acids is 2. The molecule has 2 aromatic carbocycles. The summed E-state index contributed by atoms with van der Waals surface area (Å²) in [5.74, 6) is -0.243. The number of H-pyrrole nitrogens is 2. The lowest BCUT2D eigenvalue weighted by Gasteiger charge is -1.99. The van der Waals surface area contributed by atoms with Crippen LogP contribution in [0.3, 0.4) is 0 Å². The number of aliphatic hydroxyl groups excluding tert-OH is 2. The third-order valence-electron chi connectivity index (χ3n) is 4.11. The first kappa shape index (κ1) is 31.2. The molecule has 2 aromatic heterocycles. The molecular weight excluding hydrogens is 482 g/mol. The molecule has 4 rings (SSSR count). The predicted octanol–water partition coefficient (Wildman–Crippen LogP) is 0.410. The molecular formula is C24H35N7O6. The number of carboxylic acids is 2. The minimum Gasteiger partial charge on any atom is -0.480 e. The largest absolute Gasteiger partial charge is 0.480 e. The van der Waals surface area contributed by atoms with Crippen LogP contribution in [-0.2, 0) is 22.7 Å². The van der Waals surface area contributed by atoms with Crippen LogP contribution in [0, 0.1) is 0 Å². The second kappa shape index (κ2) is 18.4. The van der Waals surface area contributed by atoms with E-state index in [0.29, 0.717) is 13.1 Å². The van der Waals surface area contributed by atoms with Gasteiger partial charge in [0, 0.05) is 0 Å². The van der Waals surface area contributed by atoms with Crippen LogP contribution < -0.4 is 16.4 Å². The molecule has 0 saturated carbocycles. The Balaban J connectivity index is 0.000000358. The molecule has 0 fully saturated rings. The second-order valence-corrected chi connectivity index (χ2v) is 7.25. The number of fused-ring (bicyclic) bond motifs is 2. The maximum absolute atomic E-state index is 9.73. The van der Waals surface area contributed by atoms with E-state index in [1.807, 2.05) is 55.5 Å². The van der Waals surface area contributed by atoms with Crippen LogP contribution in [0.1, 0.15) is 18.6 Å². The number of imidazole rings is 2. The molecule has 0 spiro atoms. The van der Waals surface area contributed by atoms with Gasteiger partial charge in [-0.25, -0.2) is 9.97 Å². The van der Waals surface area contributed by atoms with E-state index in [1.54, 1.807) is 0 Å². The van der Waals surface area contributed by atoms with Gasteiger partial charge in [-0.2, -0.15) is 0 Å². The molecule has 37 heavy (non-hydrogen) atoms. The summed E-state index contributed by atoms with van der Waals surface area (Å²) in [6.45, 7) is 3.15. The molecule has 0 bridgehead atoms. The van der Waals surface area contributed by atoms with Crippen molar-refractivity contribution in [3.8, 4) is 0 Å². The quantitative estimate of drug-likeness (QED) is 0.148. The summed E-state index contributed by atoms with van der Waals surface area (Å²) < 4.78 is 0. The van der Waals surface area contributed by atoms with Gasteiger partial charge in [0.25, 0.3) is 0 Å². The number of nitrogens with two attached hydrogens (primary N) is 1. The molecule has 13 heteroatoms. The molecule has 13 nitrogen and oxygen atoms in total. The number of carbonyl (C=O) groups is 2. The van der Waals surface area contributed by atoms with Crippen LogP contribution in [0.4, 0.5) is 0 Å².